The van der Waals surface area contributed by atoms with Gasteiger partial charge in [0.2, 0.25) is 6.10 Å². The fourth-order valence-corrected chi connectivity index (χ4v) is 2.67. The number of piperazine rings is 1. The van der Waals surface area contributed by atoms with Crippen LogP contribution in [0.3, 0.4) is 0 Å². The summed E-state index contributed by atoms with van der Waals surface area (Å²) in [6.07, 6.45) is -0.968. The van der Waals surface area contributed by atoms with Crippen molar-refractivity contribution >= 4 is 12.0 Å². The van der Waals surface area contributed by atoms with Crippen LogP contribution >= 0.6 is 0 Å². The fraction of sp³-hybridized carbons (Fsp3) is 0.500. The van der Waals surface area contributed by atoms with Gasteiger partial charge in [-0.25, -0.2) is 4.79 Å². The molecule has 0 unspecified atom stereocenters. The monoisotopic (exact) mass is 320 g/mol. The minimum atomic E-state index is -0.640. The molecule has 1 aromatic rings. The van der Waals surface area contributed by atoms with Gasteiger partial charge in [-0.2, -0.15) is 0 Å². The van der Waals surface area contributed by atoms with E-state index >= 15 is 0 Å². The summed E-state index contributed by atoms with van der Waals surface area (Å²) < 4.78 is 16.3. The molecule has 0 N–H and O–H groups in total. The Morgan fingerprint density at radius 3 is 2.48 bits per heavy atom. The molecule has 23 heavy (non-hydrogen) atoms. The summed E-state index contributed by atoms with van der Waals surface area (Å²) in [6, 6.07) is 7.30. The van der Waals surface area contributed by atoms with E-state index < -0.39 is 6.10 Å². The molecule has 2 aliphatic rings. The molecule has 1 atom stereocenters. The third-order valence-electron chi connectivity index (χ3n) is 3.90. The van der Waals surface area contributed by atoms with Crippen LogP contribution in [0.15, 0.2) is 24.3 Å². The first-order valence-electron chi connectivity index (χ1n) is 7.78. The maximum Gasteiger partial charge on any atom is 0.409 e. The Hall–Kier alpha value is -2.44. The van der Waals surface area contributed by atoms with E-state index in [2.05, 4.69) is 0 Å². The molecule has 1 fully saturated rings. The summed E-state index contributed by atoms with van der Waals surface area (Å²) >= 11 is 0. The Kier molecular flexibility index (Phi) is 4.55. The molecule has 0 radical (unpaired) electrons. The van der Waals surface area contributed by atoms with E-state index in [0.717, 1.165) is 0 Å². The van der Waals surface area contributed by atoms with Gasteiger partial charge in [-0.3, -0.25) is 4.79 Å². The molecule has 3 rings (SSSR count). The highest BCUT2D eigenvalue weighted by atomic mass is 16.6. The lowest BCUT2D eigenvalue weighted by Gasteiger charge is -2.36. The zero-order chi connectivity index (χ0) is 16.2. The van der Waals surface area contributed by atoms with Crippen molar-refractivity contribution in [3.05, 3.63) is 24.3 Å². The van der Waals surface area contributed by atoms with Gasteiger partial charge in [-0.1, -0.05) is 12.1 Å². The predicted molar refractivity (Wildman–Crippen MR) is 81.5 cm³/mol. The molecule has 0 aromatic heterocycles. The first kappa shape index (κ1) is 15.5. The molecular formula is C16H20N2O5. The Labute approximate surface area is 134 Å². The maximum absolute atomic E-state index is 12.6. The van der Waals surface area contributed by atoms with E-state index in [9.17, 15) is 9.59 Å². The summed E-state index contributed by atoms with van der Waals surface area (Å²) in [6.45, 7) is 4.20. The van der Waals surface area contributed by atoms with Crippen LogP contribution in [0.5, 0.6) is 11.5 Å². The number of benzene rings is 1. The Bertz CT molecular complexity index is 584. The minimum absolute atomic E-state index is 0.108. The summed E-state index contributed by atoms with van der Waals surface area (Å²) in [7, 11) is 0. The van der Waals surface area contributed by atoms with Crippen molar-refractivity contribution < 1.29 is 23.8 Å². The third-order valence-corrected chi connectivity index (χ3v) is 3.90. The van der Waals surface area contributed by atoms with E-state index in [-0.39, 0.29) is 18.6 Å². The first-order chi connectivity index (χ1) is 11.2. The molecule has 1 aromatic carbocycles. The first-order valence-corrected chi connectivity index (χ1v) is 7.78. The van der Waals surface area contributed by atoms with Crippen LogP contribution in [-0.4, -0.2) is 67.3 Å². The number of hydrogen-bond donors (Lipinski definition) is 0. The molecule has 124 valence electrons. The molecule has 7 heteroatoms. The Balaban J connectivity index is 1.55. The van der Waals surface area contributed by atoms with Crippen molar-refractivity contribution in [2.45, 2.75) is 13.0 Å². The van der Waals surface area contributed by atoms with Crippen molar-refractivity contribution in [2.75, 3.05) is 39.4 Å². The molecule has 1 saturated heterocycles. The number of hydrogen-bond acceptors (Lipinski definition) is 5. The largest absolute Gasteiger partial charge is 0.485 e. The zero-order valence-corrected chi connectivity index (χ0v) is 13.1. The number of nitrogens with zero attached hydrogens (tertiary/aromatic N) is 2. The predicted octanol–water partition coefficient (Wildman–Crippen LogP) is 1.13. The number of fused-ring (bicyclic) bond motifs is 1. The van der Waals surface area contributed by atoms with Gasteiger partial charge in [0.25, 0.3) is 5.91 Å². The maximum atomic E-state index is 12.6. The molecular weight excluding hydrogens is 300 g/mol. The molecule has 0 saturated carbocycles. The van der Waals surface area contributed by atoms with Gasteiger partial charge in [-0.05, 0) is 19.1 Å². The van der Waals surface area contributed by atoms with Crippen LogP contribution in [0.25, 0.3) is 0 Å². The number of carbonyl (C=O) groups is 2. The van der Waals surface area contributed by atoms with E-state index in [0.29, 0.717) is 44.3 Å². The van der Waals surface area contributed by atoms with Gasteiger partial charge in [0.15, 0.2) is 11.5 Å². The van der Waals surface area contributed by atoms with Gasteiger partial charge >= 0.3 is 6.09 Å². The number of amides is 2. The topological polar surface area (TPSA) is 68.3 Å². The highest BCUT2D eigenvalue weighted by molar-refractivity contribution is 5.82. The molecule has 0 spiro atoms. The van der Waals surface area contributed by atoms with Gasteiger partial charge < -0.3 is 24.0 Å². The standard InChI is InChI=1S/C16H20N2O5/c1-2-21-16(20)18-9-7-17(8-10-18)15(19)14-11-22-12-5-3-4-6-13(12)23-14/h3-6,14H,2,7-11H2,1H3/t14-/m1/s1. The van der Waals surface area contributed by atoms with Gasteiger partial charge in [0.1, 0.15) is 6.61 Å². The van der Waals surface area contributed by atoms with Crippen LogP contribution in [0.4, 0.5) is 4.79 Å². The van der Waals surface area contributed by atoms with Gasteiger partial charge in [0.05, 0.1) is 6.61 Å². The average Bonchev–Trinajstić information content (AvgIpc) is 2.61. The highest BCUT2D eigenvalue weighted by Crippen LogP contribution is 2.31. The molecule has 2 heterocycles. The van der Waals surface area contributed by atoms with Gasteiger partial charge in [-0.15, -0.1) is 0 Å². The summed E-state index contributed by atoms with van der Waals surface area (Å²) in [5.41, 5.74) is 0. The number of carbonyl (C=O) groups excluding carboxylic acids is 2. The van der Waals surface area contributed by atoms with E-state index in [4.69, 9.17) is 14.2 Å². The SMILES string of the molecule is CCOC(=O)N1CCN(C(=O)[C@H]2COc3ccccc3O2)CC1. The molecule has 2 amide bonds. The van der Waals surface area contributed by atoms with Crippen LogP contribution in [0, 0.1) is 0 Å². The lowest BCUT2D eigenvalue weighted by Crippen LogP contribution is -2.55. The molecule has 0 bridgehead atoms. The lowest BCUT2D eigenvalue weighted by molar-refractivity contribution is -0.142. The van der Waals surface area contributed by atoms with E-state index in [1.165, 1.54) is 0 Å². The van der Waals surface area contributed by atoms with E-state index in [1.807, 2.05) is 18.2 Å². The molecule has 7 nitrogen and oxygen atoms in total. The smallest absolute Gasteiger partial charge is 0.409 e. The van der Waals surface area contributed by atoms with Gasteiger partial charge in [0, 0.05) is 26.2 Å². The Morgan fingerprint density at radius 2 is 1.78 bits per heavy atom. The average molecular weight is 320 g/mol. The van der Waals surface area contributed by atoms with Crippen LogP contribution < -0.4 is 9.47 Å². The third kappa shape index (κ3) is 3.33. The second kappa shape index (κ2) is 6.76. The van der Waals surface area contributed by atoms with Crippen LogP contribution in [0.2, 0.25) is 0 Å². The minimum Gasteiger partial charge on any atom is -0.485 e. The lowest BCUT2D eigenvalue weighted by atomic mass is 10.2. The van der Waals surface area contributed by atoms with Crippen molar-refractivity contribution in [2.24, 2.45) is 0 Å². The van der Waals surface area contributed by atoms with Crippen molar-refractivity contribution in [1.29, 1.82) is 0 Å². The molecule has 2 aliphatic heterocycles. The summed E-state index contributed by atoms with van der Waals surface area (Å²) in [5.74, 6) is 1.13. The fourth-order valence-electron chi connectivity index (χ4n) is 2.67. The van der Waals surface area contributed by atoms with Crippen LogP contribution in [-0.2, 0) is 9.53 Å². The summed E-state index contributed by atoms with van der Waals surface area (Å²) in [5, 5.41) is 0. The van der Waals surface area contributed by atoms with Crippen LogP contribution in [0.1, 0.15) is 6.92 Å². The van der Waals surface area contributed by atoms with E-state index in [1.54, 1.807) is 22.8 Å². The van der Waals surface area contributed by atoms with Crippen molar-refractivity contribution in [1.82, 2.24) is 9.80 Å². The zero-order valence-electron chi connectivity index (χ0n) is 13.1. The number of ether oxygens (including phenoxy) is 3. The second-order valence-electron chi connectivity index (χ2n) is 5.38. The number of para-hydroxylation sites is 2. The number of rotatable bonds is 2. The van der Waals surface area contributed by atoms with Crippen molar-refractivity contribution in [3.63, 3.8) is 0 Å². The second-order valence-corrected chi connectivity index (χ2v) is 5.38. The summed E-state index contributed by atoms with van der Waals surface area (Å²) in [4.78, 5) is 27.5. The highest BCUT2D eigenvalue weighted by Gasteiger charge is 2.33. The Morgan fingerprint density at radius 1 is 1.13 bits per heavy atom. The quantitative estimate of drug-likeness (QED) is 0.817. The normalized spacial score (nSPS) is 20.1. The molecule has 0 aliphatic carbocycles. The van der Waals surface area contributed by atoms with Crippen molar-refractivity contribution in [3.8, 4) is 11.5 Å².